The van der Waals surface area contributed by atoms with Gasteiger partial charge in [0.2, 0.25) is 15.9 Å². The minimum absolute atomic E-state index is 0.0741. The molecule has 1 aromatic carbocycles. The van der Waals surface area contributed by atoms with Crippen molar-refractivity contribution in [1.29, 1.82) is 0 Å². The number of amides is 1. The van der Waals surface area contributed by atoms with E-state index in [1.54, 1.807) is 30.3 Å². The van der Waals surface area contributed by atoms with Crippen molar-refractivity contribution in [3.63, 3.8) is 0 Å². The number of rotatable bonds is 6. The van der Waals surface area contributed by atoms with E-state index >= 15 is 0 Å². The Morgan fingerprint density at radius 1 is 1.07 bits per heavy atom. The first-order valence-electron chi connectivity index (χ1n) is 9.01. The van der Waals surface area contributed by atoms with E-state index in [0.717, 1.165) is 18.2 Å². The summed E-state index contributed by atoms with van der Waals surface area (Å²) < 4.78 is 50.0. The van der Waals surface area contributed by atoms with E-state index in [2.05, 4.69) is 10.0 Å². The summed E-state index contributed by atoms with van der Waals surface area (Å²) in [6.45, 7) is 0.356. The average Bonchev–Trinajstić information content (AvgIpc) is 2.99. The van der Waals surface area contributed by atoms with Crippen molar-refractivity contribution < 1.29 is 21.6 Å². The molecule has 1 fully saturated rings. The summed E-state index contributed by atoms with van der Waals surface area (Å²) in [5.74, 6) is -0.150. The van der Waals surface area contributed by atoms with Crippen LogP contribution in [0.1, 0.15) is 25.7 Å². The molecule has 2 aliphatic rings. The van der Waals surface area contributed by atoms with E-state index in [9.17, 15) is 21.6 Å². The zero-order valence-corrected chi connectivity index (χ0v) is 16.5. The van der Waals surface area contributed by atoms with Gasteiger partial charge in [-0.1, -0.05) is 18.2 Å². The van der Waals surface area contributed by atoms with Crippen LogP contribution in [0.4, 0.5) is 0 Å². The van der Waals surface area contributed by atoms with Crippen LogP contribution < -0.4 is 10.0 Å². The van der Waals surface area contributed by atoms with Crippen molar-refractivity contribution in [3.05, 3.63) is 41.8 Å². The minimum Gasteiger partial charge on any atom is -0.349 e. The Morgan fingerprint density at radius 2 is 1.74 bits per heavy atom. The molecule has 1 aromatic rings. The van der Waals surface area contributed by atoms with Crippen LogP contribution in [0.25, 0.3) is 0 Å². The number of nitrogens with one attached hydrogen (secondary N) is 2. The number of sulfonamides is 1. The van der Waals surface area contributed by atoms with E-state index in [-0.39, 0.29) is 28.4 Å². The molecule has 1 amide bonds. The molecule has 148 valence electrons. The number of carbonyl (C=O) groups excluding carboxylic acids is 1. The van der Waals surface area contributed by atoms with Crippen LogP contribution >= 0.6 is 0 Å². The van der Waals surface area contributed by atoms with Crippen molar-refractivity contribution in [2.75, 3.05) is 12.3 Å². The molecule has 27 heavy (non-hydrogen) atoms. The maximum atomic E-state index is 12.3. The van der Waals surface area contributed by atoms with Gasteiger partial charge in [0.1, 0.15) is 0 Å². The molecule has 0 aromatic heterocycles. The van der Waals surface area contributed by atoms with Gasteiger partial charge in [-0.3, -0.25) is 4.79 Å². The summed E-state index contributed by atoms with van der Waals surface area (Å²) in [7, 11) is -6.70. The van der Waals surface area contributed by atoms with Gasteiger partial charge in [-0.25, -0.2) is 21.6 Å². The summed E-state index contributed by atoms with van der Waals surface area (Å²) in [4.78, 5) is 12.6. The first kappa shape index (κ1) is 20.0. The Hall–Kier alpha value is -1.71. The van der Waals surface area contributed by atoms with E-state index in [4.69, 9.17) is 0 Å². The molecule has 2 N–H and O–H groups in total. The quantitative estimate of drug-likeness (QED) is 0.730. The molecule has 1 aliphatic heterocycles. The highest BCUT2D eigenvalue weighted by molar-refractivity contribution is 7.94. The largest absolute Gasteiger partial charge is 0.349 e. The van der Waals surface area contributed by atoms with Gasteiger partial charge >= 0.3 is 0 Å². The van der Waals surface area contributed by atoms with Gasteiger partial charge in [0.25, 0.3) is 0 Å². The van der Waals surface area contributed by atoms with Crippen molar-refractivity contribution in [1.82, 2.24) is 10.0 Å². The number of sulfone groups is 1. The molecular formula is C18H24N2O5S2. The summed E-state index contributed by atoms with van der Waals surface area (Å²) >= 11 is 0. The fourth-order valence-electron chi connectivity index (χ4n) is 3.51. The first-order chi connectivity index (χ1) is 12.8. The van der Waals surface area contributed by atoms with Gasteiger partial charge in [0, 0.05) is 17.9 Å². The minimum atomic E-state index is -3.51. The van der Waals surface area contributed by atoms with Crippen LogP contribution in [0.5, 0.6) is 0 Å². The molecule has 0 bridgehead atoms. The third kappa shape index (κ3) is 5.40. The van der Waals surface area contributed by atoms with E-state index < -0.39 is 25.9 Å². The Labute approximate surface area is 160 Å². The molecule has 1 saturated carbocycles. The number of benzene rings is 1. The second kappa shape index (κ2) is 8.12. The van der Waals surface area contributed by atoms with Gasteiger partial charge < -0.3 is 5.32 Å². The van der Waals surface area contributed by atoms with Crippen LogP contribution in [-0.4, -0.2) is 41.1 Å². The molecule has 1 aliphatic carbocycles. The van der Waals surface area contributed by atoms with Gasteiger partial charge in [-0.15, -0.1) is 0 Å². The van der Waals surface area contributed by atoms with E-state index in [1.165, 1.54) is 6.08 Å². The monoisotopic (exact) mass is 412 g/mol. The maximum absolute atomic E-state index is 12.3. The zero-order valence-electron chi connectivity index (χ0n) is 14.9. The second-order valence-corrected chi connectivity index (χ2v) is 10.9. The van der Waals surface area contributed by atoms with Crippen LogP contribution in [0.3, 0.4) is 0 Å². The smallest absolute Gasteiger partial charge is 0.240 e. The lowest BCUT2D eigenvalue weighted by Gasteiger charge is -2.28. The van der Waals surface area contributed by atoms with Crippen molar-refractivity contribution >= 4 is 25.8 Å². The highest BCUT2D eigenvalue weighted by Gasteiger charge is 2.30. The van der Waals surface area contributed by atoms with Gasteiger partial charge in [-0.05, 0) is 49.8 Å². The van der Waals surface area contributed by atoms with Crippen LogP contribution in [0, 0.1) is 11.8 Å². The van der Waals surface area contributed by atoms with Crippen LogP contribution in [0.2, 0.25) is 0 Å². The SMILES string of the molecule is O=C(N[C@H]1C=CS(=O)(=O)C1)C1CCC(CNS(=O)(=O)c2ccccc2)CC1. The predicted molar refractivity (Wildman–Crippen MR) is 102 cm³/mol. The Morgan fingerprint density at radius 3 is 2.33 bits per heavy atom. The van der Waals surface area contributed by atoms with Crippen molar-refractivity contribution in [2.45, 2.75) is 36.6 Å². The molecule has 7 nitrogen and oxygen atoms in total. The molecular weight excluding hydrogens is 388 g/mol. The standard InChI is InChI=1S/C18H24N2O5S2/c21-18(20-16-10-11-26(22,23)13-16)15-8-6-14(7-9-15)12-19-27(24,25)17-4-2-1-3-5-17/h1-5,10-11,14-16,19H,6-9,12-13H2,(H,20,21)/t14?,15?,16-/m0/s1. The fourth-order valence-corrected chi connectivity index (χ4v) is 5.88. The maximum Gasteiger partial charge on any atom is 0.240 e. The second-order valence-electron chi connectivity index (χ2n) is 7.16. The lowest BCUT2D eigenvalue weighted by Crippen LogP contribution is -2.41. The lowest BCUT2D eigenvalue weighted by molar-refractivity contribution is -0.126. The summed E-state index contributed by atoms with van der Waals surface area (Å²) in [5, 5.41) is 3.93. The third-order valence-corrected chi connectivity index (χ3v) is 7.93. The normalized spacial score (nSPS) is 27.3. The topological polar surface area (TPSA) is 109 Å². The van der Waals surface area contributed by atoms with Crippen LogP contribution in [0.15, 0.2) is 46.7 Å². The molecule has 0 spiro atoms. The van der Waals surface area contributed by atoms with Gasteiger partial charge in [0.15, 0.2) is 9.84 Å². The summed E-state index contributed by atoms with van der Waals surface area (Å²) in [6, 6.07) is 7.80. The summed E-state index contributed by atoms with van der Waals surface area (Å²) in [6.07, 6.45) is 4.37. The first-order valence-corrected chi connectivity index (χ1v) is 12.2. The molecule has 9 heteroatoms. The molecule has 1 heterocycles. The third-order valence-electron chi connectivity index (χ3n) is 5.09. The molecule has 0 radical (unpaired) electrons. The number of hydrogen-bond acceptors (Lipinski definition) is 5. The van der Waals surface area contributed by atoms with E-state index in [0.29, 0.717) is 19.4 Å². The van der Waals surface area contributed by atoms with E-state index in [1.807, 2.05) is 0 Å². The van der Waals surface area contributed by atoms with Crippen LogP contribution in [-0.2, 0) is 24.7 Å². The number of hydrogen-bond donors (Lipinski definition) is 2. The fraction of sp³-hybridized carbons (Fsp3) is 0.500. The molecule has 0 saturated heterocycles. The van der Waals surface area contributed by atoms with Crippen molar-refractivity contribution in [3.8, 4) is 0 Å². The Kier molecular flexibility index (Phi) is 6.02. The predicted octanol–water partition coefficient (Wildman–Crippen LogP) is 1.20. The lowest BCUT2D eigenvalue weighted by atomic mass is 9.81. The van der Waals surface area contributed by atoms with Gasteiger partial charge in [0.05, 0.1) is 16.7 Å². The number of carbonyl (C=O) groups is 1. The Bertz CT molecular complexity index is 902. The highest BCUT2D eigenvalue weighted by Crippen LogP contribution is 2.29. The van der Waals surface area contributed by atoms with Gasteiger partial charge in [-0.2, -0.15) is 0 Å². The molecule has 1 atom stereocenters. The average molecular weight is 413 g/mol. The highest BCUT2D eigenvalue weighted by atomic mass is 32.2. The molecule has 3 rings (SSSR count). The Balaban J connectivity index is 1.44. The molecule has 0 unspecified atom stereocenters. The summed E-state index contributed by atoms with van der Waals surface area (Å²) in [5.41, 5.74) is 0. The van der Waals surface area contributed by atoms with Crippen molar-refractivity contribution in [2.24, 2.45) is 11.8 Å². The zero-order chi connectivity index (χ0) is 19.5.